The molecule has 0 spiro atoms. The highest BCUT2D eigenvalue weighted by atomic mass is 16.5. The second-order valence-corrected chi connectivity index (χ2v) is 5.44. The third kappa shape index (κ3) is 3.56. The lowest BCUT2D eigenvalue weighted by Crippen LogP contribution is -2.15. The van der Waals surface area contributed by atoms with Crippen molar-refractivity contribution < 1.29 is 9.84 Å². The lowest BCUT2D eigenvalue weighted by molar-refractivity contribution is 0.0851. The van der Waals surface area contributed by atoms with Gasteiger partial charge in [-0.2, -0.15) is 0 Å². The molecule has 100 valence electrons. The Morgan fingerprint density at radius 1 is 1.22 bits per heavy atom. The Kier molecular flexibility index (Phi) is 4.79. The summed E-state index contributed by atoms with van der Waals surface area (Å²) in [5, 5.41) is 10.0. The van der Waals surface area contributed by atoms with Crippen molar-refractivity contribution in [1.82, 2.24) is 0 Å². The van der Waals surface area contributed by atoms with Crippen molar-refractivity contribution in [2.75, 3.05) is 7.11 Å². The Hall–Kier alpha value is -0.860. The number of benzene rings is 1. The van der Waals surface area contributed by atoms with Gasteiger partial charge in [-0.15, -0.1) is 0 Å². The van der Waals surface area contributed by atoms with Crippen LogP contribution in [-0.2, 0) is 24.0 Å². The zero-order valence-corrected chi connectivity index (χ0v) is 11.5. The number of rotatable bonds is 6. The van der Waals surface area contributed by atoms with Crippen LogP contribution in [0.5, 0.6) is 0 Å². The Bertz CT molecular complexity index is 387. The predicted molar refractivity (Wildman–Crippen MR) is 73.9 cm³/mol. The molecule has 0 saturated carbocycles. The minimum atomic E-state index is -0.248. The van der Waals surface area contributed by atoms with E-state index >= 15 is 0 Å². The summed E-state index contributed by atoms with van der Waals surface area (Å²) in [6.07, 6.45) is 6.20. The van der Waals surface area contributed by atoms with Crippen molar-refractivity contribution in [2.45, 2.75) is 57.7 Å². The average molecular weight is 248 g/mol. The summed E-state index contributed by atoms with van der Waals surface area (Å²) in [6, 6.07) is 6.70. The number of aliphatic hydroxyl groups excluding tert-OH is 1. The third-order valence-corrected chi connectivity index (χ3v) is 3.94. The Morgan fingerprint density at radius 2 is 2.00 bits per heavy atom. The first-order chi connectivity index (χ1) is 8.69. The highest BCUT2D eigenvalue weighted by Gasteiger charge is 2.13. The number of ether oxygens (including phenoxy) is 1. The minimum Gasteiger partial charge on any atom is -0.393 e. The number of aryl methyl sites for hydroxylation is 2. The standard InChI is InChI=1S/C16H24O2/c1-12(18-2)6-9-16(17)11-13-7-8-14-4-3-5-15(14)10-13/h7-8,10,12,16-17H,3-6,9,11H2,1-2H3. The largest absolute Gasteiger partial charge is 0.393 e. The zero-order chi connectivity index (χ0) is 13.0. The van der Waals surface area contributed by atoms with E-state index in [1.165, 1.54) is 36.0 Å². The molecule has 18 heavy (non-hydrogen) atoms. The van der Waals surface area contributed by atoms with Gasteiger partial charge >= 0.3 is 0 Å². The van der Waals surface area contributed by atoms with Crippen molar-refractivity contribution >= 4 is 0 Å². The van der Waals surface area contributed by atoms with Gasteiger partial charge in [-0.25, -0.2) is 0 Å². The van der Waals surface area contributed by atoms with E-state index < -0.39 is 0 Å². The number of aliphatic hydroxyl groups is 1. The third-order valence-electron chi connectivity index (χ3n) is 3.94. The maximum absolute atomic E-state index is 10.0. The molecular weight excluding hydrogens is 224 g/mol. The lowest BCUT2D eigenvalue weighted by Gasteiger charge is -2.14. The van der Waals surface area contributed by atoms with E-state index in [9.17, 15) is 5.11 Å². The van der Waals surface area contributed by atoms with Crippen LogP contribution in [0, 0.1) is 0 Å². The van der Waals surface area contributed by atoms with Crippen LogP contribution in [0.1, 0.15) is 42.9 Å². The lowest BCUT2D eigenvalue weighted by atomic mass is 9.99. The van der Waals surface area contributed by atoms with Crippen LogP contribution in [0.15, 0.2) is 18.2 Å². The fourth-order valence-electron chi connectivity index (χ4n) is 2.67. The molecule has 2 rings (SSSR count). The van der Waals surface area contributed by atoms with Gasteiger partial charge in [0.25, 0.3) is 0 Å². The summed E-state index contributed by atoms with van der Waals surface area (Å²) in [5.41, 5.74) is 4.26. The molecule has 0 amide bonds. The van der Waals surface area contributed by atoms with Crippen LogP contribution in [0.4, 0.5) is 0 Å². The number of hydrogen-bond donors (Lipinski definition) is 1. The number of fused-ring (bicyclic) bond motifs is 1. The highest BCUT2D eigenvalue weighted by Crippen LogP contribution is 2.23. The van der Waals surface area contributed by atoms with Crippen LogP contribution < -0.4 is 0 Å². The Morgan fingerprint density at radius 3 is 2.78 bits per heavy atom. The summed E-state index contributed by atoms with van der Waals surface area (Å²) in [7, 11) is 1.72. The van der Waals surface area contributed by atoms with Crippen molar-refractivity contribution in [1.29, 1.82) is 0 Å². The van der Waals surface area contributed by atoms with Gasteiger partial charge in [0.2, 0.25) is 0 Å². The quantitative estimate of drug-likeness (QED) is 0.839. The van der Waals surface area contributed by atoms with Gasteiger partial charge < -0.3 is 9.84 Å². The highest BCUT2D eigenvalue weighted by molar-refractivity contribution is 5.35. The minimum absolute atomic E-state index is 0.236. The molecule has 1 N–H and O–H groups in total. The van der Waals surface area contributed by atoms with Crippen LogP contribution in [0.25, 0.3) is 0 Å². The summed E-state index contributed by atoms with van der Waals surface area (Å²) >= 11 is 0. The maximum atomic E-state index is 10.0. The summed E-state index contributed by atoms with van der Waals surface area (Å²) in [4.78, 5) is 0. The van der Waals surface area contributed by atoms with Crippen molar-refractivity contribution in [3.63, 3.8) is 0 Å². The SMILES string of the molecule is COC(C)CCC(O)Cc1ccc2c(c1)CCC2. The molecule has 2 atom stereocenters. The number of methoxy groups -OCH3 is 1. The smallest absolute Gasteiger partial charge is 0.0581 e. The van der Waals surface area contributed by atoms with Crippen molar-refractivity contribution in [3.05, 3.63) is 34.9 Å². The molecule has 0 fully saturated rings. The Balaban J connectivity index is 1.85. The molecule has 1 aliphatic rings. The van der Waals surface area contributed by atoms with E-state index in [2.05, 4.69) is 18.2 Å². The first-order valence-electron chi connectivity index (χ1n) is 7.00. The van der Waals surface area contributed by atoms with Gasteiger partial charge in [-0.3, -0.25) is 0 Å². The molecule has 1 aromatic rings. The van der Waals surface area contributed by atoms with Gasteiger partial charge in [0, 0.05) is 7.11 Å². The molecule has 0 aliphatic heterocycles. The number of hydrogen-bond acceptors (Lipinski definition) is 2. The molecule has 0 saturated heterocycles. The van der Waals surface area contributed by atoms with Gasteiger partial charge in [-0.05, 0) is 62.1 Å². The Labute approximate surface area is 110 Å². The average Bonchev–Trinajstić information content (AvgIpc) is 2.83. The molecule has 2 unspecified atom stereocenters. The molecule has 0 radical (unpaired) electrons. The summed E-state index contributed by atoms with van der Waals surface area (Å²) in [5.74, 6) is 0. The van der Waals surface area contributed by atoms with Gasteiger partial charge in [0.15, 0.2) is 0 Å². The van der Waals surface area contributed by atoms with E-state index in [0.29, 0.717) is 0 Å². The van der Waals surface area contributed by atoms with Crippen LogP contribution in [0.3, 0.4) is 0 Å². The zero-order valence-electron chi connectivity index (χ0n) is 11.5. The van der Waals surface area contributed by atoms with Crippen LogP contribution >= 0.6 is 0 Å². The van der Waals surface area contributed by atoms with Crippen LogP contribution in [0.2, 0.25) is 0 Å². The van der Waals surface area contributed by atoms with E-state index in [-0.39, 0.29) is 12.2 Å². The van der Waals surface area contributed by atoms with Gasteiger partial charge in [0.05, 0.1) is 12.2 Å². The monoisotopic (exact) mass is 248 g/mol. The molecule has 2 nitrogen and oxygen atoms in total. The molecule has 2 heteroatoms. The van der Waals surface area contributed by atoms with E-state index in [4.69, 9.17) is 4.74 Å². The topological polar surface area (TPSA) is 29.5 Å². The van der Waals surface area contributed by atoms with Crippen LogP contribution in [-0.4, -0.2) is 24.4 Å². The van der Waals surface area contributed by atoms with E-state index in [1.807, 2.05) is 6.92 Å². The molecule has 0 aromatic heterocycles. The fraction of sp³-hybridized carbons (Fsp3) is 0.625. The maximum Gasteiger partial charge on any atom is 0.0581 e. The normalized spacial score (nSPS) is 17.5. The second-order valence-electron chi connectivity index (χ2n) is 5.44. The fourth-order valence-corrected chi connectivity index (χ4v) is 2.67. The van der Waals surface area contributed by atoms with E-state index in [1.54, 1.807) is 7.11 Å². The molecule has 0 bridgehead atoms. The summed E-state index contributed by atoms with van der Waals surface area (Å²) in [6.45, 7) is 2.04. The van der Waals surface area contributed by atoms with Crippen molar-refractivity contribution in [2.24, 2.45) is 0 Å². The molecule has 1 aliphatic carbocycles. The molecule has 0 heterocycles. The van der Waals surface area contributed by atoms with Crippen molar-refractivity contribution in [3.8, 4) is 0 Å². The first-order valence-corrected chi connectivity index (χ1v) is 7.00. The predicted octanol–water partition coefficient (Wildman–Crippen LogP) is 2.89. The van der Waals surface area contributed by atoms with Gasteiger partial charge in [0.1, 0.15) is 0 Å². The molecular formula is C16H24O2. The second kappa shape index (κ2) is 6.35. The first kappa shape index (κ1) is 13.6. The van der Waals surface area contributed by atoms with Gasteiger partial charge in [-0.1, -0.05) is 18.2 Å². The van der Waals surface area contributed by atoms with E-state index in [0.717, 1.165) is 19.3 Å². The molecule has 1 aromatic carbocycles. The summed E-state index contributed by atoms with van der Waals surface area (Å²) < 4.78 is 5.20.